The molecular weight excluding hydrogens is 260 g/mol. The number of ether oxygens (including phenoxy) is 1. The maximum atomic E-state index is 5.65. The van der Waals surface area contributed by atoms with E-state index >= 15 is 0 Å². The van der Waals surface area contributed by atoms with Gasteiger partial charge in [0.1, 0.15) is 5.75 Å². The lowest BCUT2D eigenvalue weighted by Crippen LogP contribution is -2.30. The maximum absolute atomic E-state index is 5.65. The Bertz CT molecular complexity index is 443. The Morgan fingerprint density at radius 3 is 2.62 bits per heavy atom. The highest BCUT2D eigenvalue weighted by Crippen LogP contribution is 2.39. The van der Waals surface area contributed by atoms with Crippen LogP contribution < -0.4 is 15.0 Å². The average molecular weight is 290 g/mol. The first-order valence-electron chi connectivity index (χ1n) is 8.39. The Hall–Kier alpha value is -1.22. The number of anilines is 1. The monoisotopic (exact) mass is 290 g/mol. The van der Waals surface area contributed by atoms with Crippen molar-refractivity contribution in [2.45, 2.75) is 58.5 Å². The topological polar surface area (TPSA) is 24.5 Å². The van der Waals surface area contributed by atoms with Gasteiger partial charge >= 0.3 is 0 Å². The van der Waals surface area contributed by atoms with Crippen LogP contribution in [0.1, 0.15) is 58.1 Å². The number of nitrogens with zero attached hydrogens (tertiary/aromatic N) is 1. The van der Waals surface area contributed by atoms with Crippen molar-refractivity contribution in [3.63, 3.8) is 0 Å². The van der Waals surface area contributed by atoms with Crippen LogP contribution in [-0.4, -0.2) is 26.2 Å². The molecule has 1 N–H and O–H groups in total. The molecule has 1 aliphatic carbocycles. The molecule has 1 unspecified atom stereocenters. The van der Waals surface area contributed by atoms with Crippen LogP contribution in [0.25, 0.3) is 0 Å². The van der Waals surface area contributed by atoms with Crippen molar-refractivity contribution in [2.24, 2.45) is 0 Å². The van der Waals surface area contributed by atoms with Crippen molar-refractivity contribution >= 4 is 5.69 Å². The molecule has 0 aromatic heterocycles. The molecule has 1 saturated carbocycles. The van der Waals surface area contributed by atoms with Crippen molar-refractivity contribution in [3.8, 4) is 5.75 Å². The summed E-state index contributed by atoms with van der Waals surface area (Å²) in [7, 11) is 1.77. The smallest absolute Gasteiger partial charge is 0.125 e. The Labute approximate surface area is 129 Å². The van der Waals surface area contributed by atoms with Gasteiger partial charge in [0.15, 0.2) is 0 Å². The van der Waals surface area contributed by atoms with Crippen molar-refractivity contribution in [2.75, 3.05) is 25.1 Å². The van der Waals surface area contributed by atoms with Gasteiger partial charge in [-0.05, 0) is 51.3 Å². The summed E-state index contributed by atoms with van der Waals surface area (Å²) in [6, 6.07) is 7.51. The minimum atomic E-state index is 0.314. The second kappa shape index (κ2) is 7.69. The molecule has 0 saturated heterocycles. The SMILES string of the molecule is CCCNC(C)c1c(OC)cccc1N(CCC)C1CC1. The van der Waals surface area contributed by atoms with Gasteiger partial charge in [0.2, 0.25) is 0 Å². The molecule has 0 bridgehead atoms. The van der Waals surface area contributed by atoms with E-state index in [1.807, 2.05) is 0 Å². The molecule has 0 amide bonds. The first kappa shape index (κ1) is 16.2. The van der Waals surface area contributed by atoms with Crippen molar-refractivity contribution < 1.29 is 4.74 Å². The van der Waals surface area contributed by atoms with Crippen LogP contribution >= 0.6 is 0 Å². The standard InChI is InChI=1S/C18H30N2O/c1-5-12-19-14(3)18-16(8-7-9-17(18)21-4)20(13-6-2)15-10-11-15/h7-9,14-15,19H,5-6,10-13H2,1-4H3. The number of hydrogen-bond acceptors (Lipinski definition) is 3. The second-order valence-electron chi connectivity index (χ2n) is 5.99. The fourth-order valence-corrected chi connectivity index (χ4v) is 2.99. The maximum Gasteiger partial charge on any atom is 0.125 e. The summed E-state index contributed by atoms with van der Waals surface area (Å²) in [4.78, 5) is 2.59. The zero-order chi connectivity index (χ0) is 15.2. The lowest BCUT2D eigenvalue weighted by atomic mass is 10.0. The molecule has 1 aromatic carbocycles. The molecule has 21 heavy (non-hydrogen) atoms. The van der Waals surface area contributed by atoms with Crippen LogP contribution in [0.3, 0.4) is 0 Å². The molecule has 2 rings (SSSR count). The highest BCUT2D eigenvalue weighted by molar-refractivity contribution is 5.62. The van der Waals surface area contributed by atoms with Gasteiger partial charge in [-0.25, -0.2) is 0 Å². The highest BCUT2D eigenvalue weighted by atomic mass is 16.5. The van der Waals surface area contributed by atoms with Gasteiger partial charge in [-0.2, -0.15) is 0 Å². The van der Waals surface area contributed by atoms with E-state index in [-0.39, 0.29) is 0 Å². The molecule has 0 heterocycles. The van der Waals surface area contributed by atoms with Gasteiger partial charge in [-0.1, -0.05) is 19.9 Å². The van der Waals surface area contributed by atoms with E-state index in [9.17, 15) is 0 Å². The Morgan fingerprint density at radius 1 is 1.29 bits per heavy atom. The summed E-state index contributed by atoms with van der Waals surface area (Å²) in [5, 5.41) is 3.61. The summed E-state index contributed by atoms with van der Waals surface area (Å²) in [6.07, 6.45) is 4.99. The third-order valence-corrected chi connectivity index (χ3v) is 4.16. The van der Waals surface area contributed by atoms with Crippen LogP contribution in [0.2, 0.25) is 0 Å². The minimum Gasteiger partial charge on any atom is -0.496 e. The van der Waals surface area contributed by atoms with Gasteiger partial charge in [-0.3, -0.25) is 0 Å². The lowest BCUT2D eigenvalue weighted by Gasteiger charge is -2.30. The van der Waals surface area contributed by atoms with Gasteiger partial charge in [-0.15, -0.1) is 0 Å². The van der Waals surface area contributed by atoms with Gasteiger partial charge in [0.05, 0.1) is 7.11 Å². The summed E-state index contributed by atoms with van der Waals surface area (Å²) in [5.41, 5.74) is 2.67. The quantitative estimate of drug-likeness (QED) is 0.740. The molecule has 3 nitrogen and oxygen atoms in total. The average Bonchev–Trinajstić information content (AvgIpc) is 3.34. The fraction of sp³-hybridized carbons (Fsp3) is 0.667. The van der Waals surface area contributed by atoms with Crippen LogP contribution in [0, 0.1) is 0 Å². The van der Waals surface area contributed by atoms with E-state index < -0.39 is 0 Å². The molecular formula is C18H30N2O. The molecule has 1 aliphatic rings. The van der Waals surface area contributed by atoms with Crippen LogP contribution in [0.5, 0.6) is 5.75 Å². The van der Waals surface area contributed by atoms with Gasteiger partial charge < -0.3 is 15.0 Å². The van der Waals surface area contributed by atoms with Crippen LogP contribution in [0.4, 0.5) is 5.69 Å². The third-order valence-electron chi connectivity index (χ3n) is 4.16. The van der Waals surface area contributed by atoms with Crippen molar-refractivity contribution in [1.82, 2.24) is 5.32 Å². The lowest BCUT2D eigenvalue weighted by molar-refractivity contribution is 0.401. The largest absolute Gasteiger partial charge is 0.496 e. The van der Waals surface area contributed by atoms with Crippen molar-refractivity contribution in [1.29, 1.82) is 0 Å². The minimum absolute atomic E-state index is 0.314. The van der Waals surface area contributed by atoms with E-state index in [0.29, 0.717) is 6.04 Å². The molecule has 0 spiro atoms. The number of nitrogens with one attached hydrogen (secondary N) is 1. The molecule has 1 atom stereocenters. The second-order valence-corrected chi connectivity index (χ2v) is 5.99. The predicted molar refractivity (Wildman–Crippen MR) is 90.4 cm³/mol. The van der Waals surface area contributed by atoms with E-state index in [1.165, 1.54) is 30.5 Å². The number of hydrogen-bond donors (Lipinski definition) is 1. The van der Waals surface area contributed by atoms with Gasteiger partial charge in [0.25, 0.3) is 0 Å². The zero-order valence-corrected chi connectivity index (χ0v) is 14.0. The number of benzene rings is 1. The van der Waals surface area contributed by atoms with Crippen molar-refractivity contribution in [3.05, 3.63) is 23.8 Å². The normalized spacial score (nSPS) is 15.8. The van der Waals surface area contributed by atoms with E-state index in [4.69, 9.17) is 4.74 Å². The third kappa shape index (κ3) is 3.91. The first-order chi connectivity index (χ1) is 10.2. The Morgan fingerprint density at radius 2 is 2.05 bits per heavy atom. The van der Waals surface area contributed by atoms with Crippen LogP contribution in [-0.2, 0) is 0 Å². The molecule has 1 aromatic rings. The summed E-state index contributed by atoms with van der Waals surface area (Å²) < 4.78 is 5.65. The van der Waals surface area contributed by atoms with Crippen LogP contribution in [0.15, 0.2) is 18.2 Å². The summed E-state index contributed by atoms with van der Waals surface area (Å²) >= 11 is 0. The highest BCUT2D eigenvalue weighted by Gasteiger charge is 2.31. The first-order valence-corrected chi connectivity index (χ1v) is 8.39. The Kier molecular flexibility index (Phi) is 5.92. The Balaban J connectivity index is 2.34. The summed E-state index contributed by atoms with van der Waals surface area (Å²) in [6.45, 7) is 8.87. The number of rotatable bonds is 9. The fourth-order valence-electron chi connectivity index (χ4n) is 2.99. The number of methoxy groups -OCH3 is 1. The molecule has 0 radical (unpaired) electrons. The van der Waals surface area contributed by atoms with E-state index in [2.05, 4.69) is 49.2 Å². The molecule has 118 valence electrons. The van der Waals surface area contributed by atoms with Gasteiger partial charge in [0, 0.05) is 29.9 Å². The van der Waals surface area contributed by atoms with E-state index in [1.54, 1.807) is 7.11 Å². The molecule has 0 aliphatic heterocycles. The van der Waals surface area contributed by atoms with E-state index in [0.717, 1.165) is 31.3 Å². The molecule has 3 heteroatoms. The zero-order valence-electron chi connectivity index (χ0n) is 14.0. The summed E-state index contributed by atoms with van der Waals surface area (Å²) in [5.74, 6) is 1.00. The molecule has 1 fully saturated rings. The predicted octanol–water partition coefficient (Wildman–Crippen LogP) is 4.13.